The number of rotatable bonds is 4. The molecule has 0 spiro atoms. The number of hydrogen-bond acceptors (Lipinski definition) is 1. The van der Waals surface area contributed by atoms with Crippen molar-refractivity contribution in [1.29, 1.82) is 0 Å². The fraction of sp³-hybridized carbons (Fsp3) is 0.200. The van der Waals surface area contributed by atoms with Crippen molar-refractivity contribution in [2.45, 2.75) is 20.8 Å². The lowest BCUT2D eigenvalue weighted by atomic mass is 10.2. The summed E-state index contributed by atoms with van der Waals surface area (Å²) in [5.41, 5.74) is 1.20. The molecule has 0 radical (unpaired) electrons. The van der Waals surface area contributed by atoms with E-state index in [0.29, 0.717) is 0 Å². The minimum absolute atomic E-state index is 0.851. The summed E-state index contributed by atoms with van der Waals surface area (Å²) in [6.07, 6.45) is 9.81. The van der Waals surface area contributed by atoms with Gasteiger partial charge in [-0.2, -0.15) is 0 Å². The lowest BCUT2D eigenvalue weighted by Crippen LogP contribution is -1.91. The van der Waals surface area contributed by atoms with Crippen LogP contribution in [-0.4, -0.2) is 0 Å². The van der Waals surface area contributed by atoms with Gasteiger partial charge in [0.2, 0.25) is 0 Å². The Kier molecular flexibility index (Phi) is 5.13. The zero-order chi connectivity index (χ0) is 11.8. The Morgan fingerprint density at radius 2 is 2.00 bits per heavy atom. The second-order valence-electron chi connectivity index (χ2n) is 3.49. The van der Waals surface area contributed by atoms with Crippen molar-refractivity contribution in [3.05, 3.63) is 66.0 Å². The van der Waals surface area contributed by atoms with Crippen LogP contribution in [0.5, 0.6) is 5.75 Å². The van der Waals surface area contributed by atoms with Crippen molar-refractivity contribution in [2.75, 3.05) is 0 Å². The Morgan fingerprint density at radius 3 is 2.62 bits per heavy atom. The topological polar surface area (TPSA) is 9.23 Å². The van der Waals surface area contributed by atoms with E-state index >= 15 is 0 Å². The van der Waals surface area contributed by atoms with Crippen LogP contribution in [-0.2, 0) is 0 Å². The third-order valence-electron chi connectivity index (χ3n) is 2.07. The van der Waals surface area contributed by atoms with Gasteiger partial charge in [0.25, 0.3) is 0 Å². The van der Waals surface area contributed by atoms with Crippen LogP contribution < -0.4 is 4.74 Å². The van der Waals surface area contributed by atoms with Crippen LogP contribution >= 0.6 is 0 Å². The average Bonchev–Trinajstić information content (AvgIpc) is 2.28. The summed E-state index contributed by atoms with van der Waals surface area (Å²) in [5.74, 6) is 1.72. The van der Waals surface area contributed by atoms with E-state index in [0.717, 1.165) is 11.5 Å². The molecule has 0 aromatic heterocycles. The summed E-state index contributed by atoms with van der Waals surface area (Å²) in [5, 5.41) is 0. The predicted octanol–water partition coefficient (Wildman–Crippen LogP) is 4.41. The van der Waals surface area contributed by atoms with Gasteiger partial charge in [-0.15, -0.1) is 0 Å². The van der Waals surface area contributed by atoms with Crippen molar-refractivity contribution < 1.29 is 4.74 Å². The van der Waals surface area contributed by atoms with Gasteiger partial charge >= 0.3 is 0 Å². The van der Waals surface area contributed by atoms with Gasteiger partial charge < -0.3 is 4.74 Å². The first-order valence-corrected chi connectivity index (χ1v) is 5.46. The normalized spacial score (nSPS) is 12.6. The second kappa shape index (κ2) is 6.67. The molecule has 0 bridgehead atoms. The third kappa shape index (κ3) is 4.18. The fourth-order valence-corrected chi connectivity index (χ4v) is 1.27. The van der Waals surface area contributed by atoms with Crippen LogP contribution in [0.15, 0.2) is 60.4 Å². The zero-order valence-corrected chi connectivity index (χ0v) is 10.1. The Hall–Kier alpha value is -1.76. The molecule has 0 unspecified atom stereocenters. The van der Waals surface area contributed by atoms with E-state index in [2.05, 4.69) is 13.0 Å². The van der Waals surface area contributed by atoms with Crippen molar-refractivity contribution in [1.82, 2.24) is 0 Å². The molecule has 0 amide bonds. The molecule has 0 aliphatic rings. The molecule has 1 aromatic carbocycles. The van der Waals surface area contributed by atoms with E-state index < -0.39 is 0 Å². The van der Waals surface area contributed by atoms with Gasteiger partial charge in [-0.1, -0.05) is 30.4 Å². The van der Waals surface area contributed by atoms with E-state index in [-0.39, 0.29) is 0 Å². The maximum Gasteiger partial charge on any atom is 0.127 e. The van der Waals surface area contributed by atoms with Crippen molar-refractivity contribution in [3.8, 4) is 5.75 Å². The second-order valence-corrected chi connectivity index (χ2v) is 3.49. The number of aryl methyl sites for hydroxylation is 1. The minimum atomic E-state index is 0.851. The highest BCUT2D eigenvalue weighted by Crippen LogP contribution is 2.16. The highest BCUT2D eigenvalue weighted by atomic mass is 16.5. The first-order chi connectivity index (χ1) is 7.76. The predicted molar refractivity (Wildman–Crippen MR) is 69.5 cm³/mol. The van der Waals surface area contributed by atoms with Gasteiger partial charge in [-0.25, -0.2) is 0 Å². The largest absolute Gasteiger partial charge is 0.458 e. The van der Waals surface area contributed by atoms with Crippen molar-refractivity contribution >= 4 is 0 Å². The van der Waals surface area contributed by atoms with E-state index in [9.17, 15) is 0 Å². The van der Waals surface area contributed by atoms with Crippen molar-refractivity contribution in [2.24, 2.45) is 0 Å². The standard InChI is InChI=1S/C15H18O/c1-4-6-7-10-14(5-2)16-15-11-8-9-13(3)12-15/h4-12H,1-3H3/b6-4-,10-7-,14-5+. The Balaban J connectivity index is 2.71. The Morgan fingerprint density at radius 1 is 1.19 bits per heavy atom. The maximum absolute atomic E-state index is 5.73. The van der Waals surface area contributed by atoms with Crippen LogP contribution in [0.2, 0.25) is 0 Å². The van der Waals surface area contributed by atoms with E-state index in [1.165, 1.54) is 5.56 Å². The van der Waals surface area contributed by atoms with Crippen molar-refractivity contribution in [3.63, 3.8) is 0 Å². The summed E-state index contributed by atoms with van der Waals surface area (Å²) in [6, 6.07) is 8.03. The molecule has 0 heterocycles. The number of hydrogen-bond donors (Lipinski definition) is 0. The lowest BCUT2D eigenvalue weighted by molar-refractivity contribution is 0.443. The van der Waals surface area contributed by atoms with E-state index in [4.69, 9.17) is 4.74 Å². The SMILES string of the molecule is C\C=C/C=C\C(=C/C)Oc1cccc(C)c1. The molecule has 0 N–H and O–H groups in total. The summed E-state index contributed by atoms with van der Waals surface area (Å²) >= 11 is 0. The summed E-state index contributed by atoms with van der Waals surface area (Å²) in [6.45, 7) is 6.00. The summed E-state index contributed by atoms with van der Waals surface area (Å²) < 4.78 is 5.73. The number of allylic oxidation sites excluding steroid dienone is 5. The van der Waals surface area contributed by atoms with Gasteiger partial charge in [0.05, 0.1) is 0 Å². The minimum Gasteiger partial charge on any atom is -0.458 e. The van der Waals surface area contributed by atoms with Crippen LogP contribution in [0.25, 0.3) is 0 Å². The third-order valence-corrected chi connectivity index (χ3v) is 2.07. The highest BCUT2D eigenvalue weighted by molar-refractivity contribution is 5.31. The van der Waals surface area contributed by atoms with Crippen LogP contribution in [0, 0.1) is 6.92 Å². The van der Waals surface area contributed by atoms with Crippen LogP contribution in [0.1, 0.15) is 19.4 Å². The Labute approximate surface area is 97.8 Å². The van der Waals surface area contributed by atoms with Gasteiger partial charge in [0, 0.05) is 0 Å². The average molecular weight is 214 g/mol. The first-order valence-electron chi connectivity index (χ1n) is 5.46. The van der Waals surface area contributed by atoms with Gasteiger partial charge in [0.1, 0.15) is 11.5 Å². The molecule has 0 aliphatic carbocycles. The molecular formula is C15H18O. The maximum atomic E-state index is 5.73. The molecule has 16 heavy (non-hydrogen) atoms. The number of benzene rings is 1. The lowest BCUT2D eigenvalue weighted by Gasteiger charge is -2.06. The van der Waals surface area contributed by atoms with E-state index in [1.807, 2.05) is 62.4 Å². The van der Waals surface area contributed by atoms with Gasteiger partial charge in [-0.3, -0.25) is 0 Å². The molecule has 1 aromatic rings. The molecule has 0 saturated heterocycles. The highest BCUT2D eigenvalue weighted by Gasteiger charge is 1.95. The molecule has 0 fully saturated rings. The Bertz CT molecular complexity index is 411. The van der Waals surface area contributed by atoms with Gasteiger partial charge in [0.15, 0.2) is 0 Å². The van der Waals surface area contributed by atoms with E-state index in [1.54, 1.807) is 0 Å². The molecule has 1 nitrogen and oxygen atoms in total. The first kappa shape index (κ1) is 12.3. The molecule has 0 saturated carbocycles. The van der Waals surface area contributed by atoms with Crippen LogP contribution in [0.4, 0.5) is 0 Å². The quantitative estimate of drug-likeness (QED) is 0.533. The molecule has 84 valence electrons. The number of ether oxygens (including phenoxy) is 1. The fourth-order valence-electron chi connectivity index (χ4n) is 1.27. The molecule has 0 aliphatic heterocycles. The molecular weight excluding hydrogens is 196 g/mol. The van der Waals surface area contributed by atoms with Crippen LogP contribution in [0.3, 0.4) is 0 Å². The molecule has 0 atom stereocenters. The monoisotopic (exact) mass is 214 g/mol. The summed E-state index contributed by atoms with van der Waals surface area (Å²) in [4.78, 5) is 0. The smallest absolute Gasteiger partial charge is 0.127 e. The zero-order valence-electron chi connectivity index (χ0n) is 10.1. The summed E-state index contributed by atoms with van der Waals surface area (Å²) in [7, 11) is 0. The molecule has 1 rings (SSSR count). The molecule has 1 heteroatoms. The van der Waals surface area contributed by atoms with Gasteiger partial charge in [-0.05, 0) is 50.6 Å².